The highest BCUT2D eigenvalue weighted by molar-refractivity contribution is 5.95. The molecular formula is C20H16N2. The molecule has 0 aliphatic rings. The minimum absolute atomic E-state index is 1.03. The van der Waals surface area contributed by atoms with E-state index in [-0.39, 0.29) is 0 Å². The van der Waals surface area contributed by atoms with Gasteiger partial charge < -0.3 is 4.57 Å². The second-order valence-electron chi connectivity index (χ2n) is 5.46. The van der Waals surface area contributed by atoms with E-state index in [1.54, 1.807) is 0 Å². The fourth-order valence-electron chi connectivity index (χ4n) is 2.95. The Morgan fingerprint density at radius 1 is 0.818 bits per heavy atom. The van der Waals surface area contributed by atoms with E-state index in [0.29, 0.717) is 0 Å². The molecule has 2 nitrogen and oxygen atoms in total. The zero-order chi connectivity index (χ0) is 14.9. The lowest BCUT2D eigenvalue weighted by molar-refractivity contribution is 0.968. The van der Waals surface area contributed by atoms with Crippen LogP contribution in [0, 0.1) is 0 Å². The van der Waals surface area contributed by atoms with Gasteiger partial charge in [0, 0.05) is 35.7 Å². The van der Waals surface area contributed by atoms with E-state index in [4.69, 9.17) is 0 Å². The zero-order valence-corrected chi connectivity index (χ0v) is 12.4. The summed E-state index contributed by atoms with van der Waals surface area (Å²) in [6, 6.07) is 18.8. The average Bonchev–Trinajstić information content (AvgIpc) is 2.89. The molecule has 0 amide bonds. The van der Waals surface area contributed by atoms with Crippen LogP contribution < -0.4 is 0 Å². The molecule has 0 radical (unpaired) electrons. The summed E-state index contributed by atoms with van der Waals surface area (Å²) >= 11 is 0. The zero-order valence-electron chi connectivity index (χ0n) is 12.4. The first-order chi connectivity index (χ1) is 10.8. The van der Waals surface area contributed by atoms with Crippen molar-refractivity contribution in [1.29, 1.82) is 0 Å². The van der Waals surface area contributed by atoms with Gasteiger partial charge in [-0.15, -0.1) is 0 Å². The summed E-state index contributed by atoms with van der Waals surface area (Å²) in [5, 5.41) is 2.46. The number of para-hydroxylation sites is 2. The first kappa shape index (κ1) is 12.8. The molecule has 4 rings (SSSR count). The molecule has 2 aromatic heterocycles. The molecule has 0 bridgehead atoms. The van der Waals surface area contributed by atoms with Gasteiger partial charge in [0.25, 0.3) is 0 Å². The van der Waals surface area contributed by atoms with Gasteiger partial charge in [-0.1, -0.05) is 48.6 Å². The number of rotatable bonds is 2. The van der Waals surface area contributed by atoms with E-state index in [0.717, 1.165) is 5.52 Å². The lowest BCUT2D eigenvalue weighted by Crippen LogP contribution is -1.82. The van der Waals surface area contributed by atoms with Gasteiger partial charge >= 0.3 is 0 Å². The van der Waals surface area contributed by atoms with Gasteiger partial charge in [0.1, 0.15) is 0 Å². The van der Waals surface area contributed by atoms with Gasteiger partial charge in [0.05, 0.1) is 5.52 Å². The van der Waals surface area contributed by atoms with Crippen LogP contribution in [0.5, 0.6) is 0 Å². The number of aryl methyl sites for hydroxylation is 1. The highest BCUT2D eigenvalue weighted by Gasteiger charge is 2.03. The summed E-state index contributed by atoms with van der Waals surface area (Å²) in [6.07, 6.45) is 8.39. The van der Waals surface area contributed by atoms with Gasteiger partial charge in [0.15, 0.2) is 0 Å². The maximum absolute atomic E-state index is 4.41. The molecule has 0 fully saturated rings. The summed E-state index contributed by atoms with van der Waals surface area (Å²) in [6.45, 7) is 0. The fraction of sp³-hybridized carbons (Fsp3) is 0.0500. The minimum atomic E-state index is 1.03. The molecule has 22 heavy (non-hydrogen) atoms. The van der Waals surface area contributed by atoms with Crippen molar-refractivity contribution in [2.75, 3.05) is 0 Å². The van der Waals surface area contributed by atoms with Gasteiger partial charge in [-0.2, -0.15) is 0 Å². The smallest absolute Gasteiger partial charge is 0.0707 e. The van der Waals surface area contributed by atoms with E-state index in [9.17, 15) is 0 Å². The number of hydrogen-bond donors (Lipinski definition) is 0. The Hall–Kier alpha value is -2.87. The first-order valence-corrected chi connectivity index (χ1v) is 7.39. The molecule has 0 aliphatic heterocycles. The number of hydrogen-bond acceptors (Lipinski definition) is 1. The summed E-state index contributed by atoms with van der Waals surface area (Å²) in [5.74, 6) is 0. The molecule has 0 unspecified atom stereocenters. The summed E-state index contributed by atoms with van der Waals surface area (Å²) in [5.41, 5.74) is 4.71. The van der Waals surface area contributed by atoms with Gasteiger partial charge in [-0.05, 0) is 29.3 Å². The lowest BCUT2D eigenvalue weighted by atomic mass is 10.1. The average molecular weight is 284 g/mol. The third-order valence-electron chi connectivity index (χ3n) is 4.05. The van der Waals surface area contributed by atoms with Crippen molar-refractivity contribution >= 4 is 34.0 Å². The van der Waals surface area contributed by atoms with E-state index in [1.807, 2.05) is 18.3 Å². The molecule has 0 saturated carbocycles. The number of benzene rings is 2. The Bertz CT molecular complexity index is 988. The van der Waals surface area contributed by atoms with Crippen LogP contribution >= 0.6 is 0 Å². The van der Waals surface area contributed by atoms with Crippen LogP contribution in [0.1, 0.15) is 11.1 Å². The van der Waals surface area contributed by atoms with Crippen molar-refractivity contribution in [1.82, 2.24) is 9.55 Å². The van der Waals surface area contributed by atoms with Crippen molar-refractivity contribution in [3.63, 3.8) is 0 Å². The van der Waals surface area contributed by atoms with Gasteiger partial charge in [-0.3, -0.25) is 4.98 Å². The third-order valence-corrected chi connectivity index (χ3v) is 4.05. The Balaban J connectivity index is 1.83. The Morgan fingerprint density at radius 3 is 2.45 bits per heavy atom. The van der Waals surface area contributed by atoms with Gasteiger partial charge in [0.2, 0.25) is 0 Å². The molecule has 106 valence electrons. The highest BCUT2D eigenvalue weighted by atomic mass is 14.9. The lowest BCUT2D eigenvalue weighted by Gasteiger charge is -2.00. The normalized spacial score (nSPS) is 11.7. The van der Waals surface area contributed by atoms with Crippen LogP contribution in [0.25, 0.3) is 34.0 Å². The maximum atomic E-state index is 4.41. The standard InChI is InChI=1S/C20H16N2/c1-22-14-16(18-7-3-5-9-20(18)22)11-10-15-12-13-21-19-8-4-2-6-17(15)19/h2-14H,1H3. The molecule has 0 saturated heterocycles. The van der Waals surface area contributed by atoms with Crippen molar-refractivity contribution < 1.29 is 0 Å². The second-order valence-corrected chi connectivity index (χ2v) is 5.46. The Kier molecular flexibility index (Phi) is 3.01. The molecule has 2 heterocycles. The van der Waals surface area contributed by atoms with Crippen molar-refractivity contribution in [2.45, 2.75) is 0 Å². The minimum Gasteiger partial charge on any atom is -0.350 e. The monoisotopic (exact) mass is 284 g/mol. The molecule has 0 aliphatic carbocycles. The maximum Gasteiger partial charge on any atom is 0.0707 e. The topological polar surface area (TPSA) is 17.8 Å². The summed E-state index contributed by atoms with van der Waals surface area (Å²) in [7, 11) is 2.08. The van der Waals surface area contributed by atoms with Crippen LogP contribution in [0.3, 0.4) is 0 Å². The molecular weight excluding hydrogens is 268 g/mol. The van der Waals surface area contributed by atoms with Crippen LogP contribution in [0.2, 0.25) is 0 Å². The van der Waals surface area contributed by atoms with Crippen LogP contribution in [-0.4, -0.2) is 9.55 Å². The quantitative estimate of drug-likeness (QED) is 0.512. The number of nitrogens with zero attached hydrogens (tertiary/aromatic N) is 2. The second kappa shape index (κ2) is 5.15. The van der Waals surface area contributed by atoms with Crippen LogP contribution in [0.4, 0.5) is 0 Å². The third kappa shape index (κ3) is 2.09. The Morgan fingerprint density at radius 2 is 1.55 bits per heavy atom. The predicted molar refractivity (Wildman–Crippen MR) is 93.6 cm³/mol. The van der Waals surface area contributed by atoms with E-state index in [1.165, 1.54) is 27.4 Å². The van der Waals surface area contributed by atoms with E-state index < -0.39 is 0 Å². The number of aromatic nitrogens is 2. The van der Waals surface area contributed by atoms with Gasteiger partial charge in [-0.25, -0.2) is 0 Å². The molecule has 2 aromatic carbocycles. The molecule has 0 N–H and O–H groups in total. The first-order valence-electron chi connectivity index (χ1n) is 7.39. The summed E-state index contributed by atoms with van der Waals surface area (Å²) in [4.78, 5) is 4.41. The van der Waals surface area contributed by atoms with Crippen molar-refractivity contribution in [2.24, 2.45) is 7.05 Å². The number of fused-ring (bicyclic) bond motifs is 2. The number of pyridine rings is 1. The highest BCUT2D eigenvalue weighted by Crippen LogP contribution is 2.24. The molecule has 2 heteroatoms. The fourth-order valence-corrected chi connectivity index (χ4v) is 2.95. The largest absolute Gasteiger partial charge is 0.350 e. The van der Waals surface area contributed by atoms with Crippen molar-refractivity contribution in [3.05, 3.63) is 78.1 Å². The SMILES string of the molecule is Cn1cc(C=Cc2ccnc3ccccc23)c2ccccc21. The predicted octanol–water partition coefficient (Wildman–Crippen LogP) is 4.90. The van der Waals surface area contributed by atoms with Crippen LogP contribution in [-0.2, 0) is 7.05 Å². The van der Waals surface area contributed by atoms with Crippen LogP contribution in [0.15, 0.2) is 67.0 Å². The summed E-state index contributed by atoms with van der Waals surface area (Å²) < 4.78 is 2.17. The van der Waals surface area contributed by atoms with E-state index in [2.05, 4.69) is 77.4 Å². The Labute approximate surface area is 129 Å². The van der Waals surface area contributed by atoms with Crippen molar-refractivity contribution in [3.8, 4) is 0 Å². The van der Waals surface area contributed by atoms with E-state index >= 15 is 0 Å². The molecule has 4 aromatic rings. The molecule has 0 atom stereocenters. The molecule has 0 spiro atoms.